The second kappa shape index (κ2) is 8.14. The van der Waals surface area contributed by atoms with E-state index in [4.69, 9.17) is 11.6 Å². The van der Waals surface area contributed by atoms with Crippen molar-refractivity contribution < 1.29 is 9.59 Å². The Balaban J connectivity index is 1.68. The van der Waals surface area contributed by atoms with Crippen LogP contribution in [-0.2, 0) is 9.59 Å². The monoisotopic (exact) mass is 392 g/mol. The highest BCUT2D eigenvalue weighted by Gasteiger charge is 2.34. The molecule has 0 saturated heterocycles. The lowest BCUT2D eigenvalue weighted by molar-refractivity contribution is -0.128. The number of hydrogen-bond acceptors (Lipinski definition) is 5. The van der Waals surface area contributed by atoms with Gasteiger partial charge in [0.1, 0.15) is 11.0 Å². The number of halogens is 1. The molecule has 6 nitrogen and oxygen atoms in total. The van der Waals surface area contributed by atoms with Crippen LogP contribution in [-0.4, -0.2) is 28.1 Å². The molecule has 1 heterocycles. The van der Waals surface area contributed by atoms with E-state index in [1.807, 2.05) is 26.0 Å². The first-order chi connectivity index (χ1) is 12.5. The highest BCUT2D eigenvalue weighted by atomic mass is 35.5. The van der Waals surface area contributed by atoms with E-state index in [1.54, 1.807) is 12.1 Å². The second-order valence-electron chi connectivity index (χ2n) is 6.55. The number of nitrogens with zero attached hydrogens (tertiary/aromatic N) is 2. The average Bonchev–Trinajstić information content (AvgIpc) is 3.39. The Labute approximate surface area is 161 Å². The minimum atomic E-state index is -0.573. The molecule has 1 aliphatic rings. The van der Waals surface area contributed by atoms with Crippen LogP contribution in [0.15, 0.2) is 24.3 Å². The highest BCUT2D eigenvalue weighted by Crippen LogP contribution is 2.30. The van der Waals surface area contributed by atoms with Gasteiger partial charge < -0.3 is 5.32 Å². The summed E-state index contributed by atoms with van der Waals surface area (Å²) in [5, 5.41) is 15.6. The van der Waals surface area contributed by atoms with E-state index in [0.29, 0.717) is 15.2 Å². The number of carbonyl (C=O) groups excluding carboxylic acids is 2. The Morgan fingerprint density at radius 3 is 2.58 bits per heavy atom. The minimum Gasteiger partial charge on any atom is -0.344 e. The third-order valence-electron chi connectivity index (χ3n) is 4.49. The van der Waals surface area contributed by atoms with Crippen molar-refractivity contribution in [2.24, 2.45) is 11.8 Å². The summed E-state index contributed by atoms with van der Waals surface area (Å²) < 4.78 is 0. The van der Waals surface area contributed by atoms with Gasteiger partial charge in [-0.1, -0.05) is 55.3 Å². The molecular formula is C18H21ClN4O2S. The smallest absolute Gasteiger partial charge is 0.249 e. The van der Waals surface area contributed by atoms with Crippen LogP contribution in [0.2, 0.25) is 5.02 Å². The number of aromatic nitrogens is 2. The summed E-state index contributed by atoms with van der Waals surface area (Å²) in [6, 6.07) is 6.70. The average molecular weight is 393 g/mol. The molecule has 1 aromatic carbocycles. The van der Waals surface area contributed by atoms with Crippen molar-refractivity contribution in [2.45, 2.75) is 39.2 Å². The fourth-order valence-electron chi connectivity index (χ4n) is 2.48. The van der Waals surface area contributed by atoms with E-state index in [1.165, 1.54) is 11.3 Å². The number of anilines is 1. The SMILES string of the molecule is CC[C@H](C)[C@@H](NC(=O)C1CC1)C(=O)Nc1nnc(-c2ccc(Cl)cc2)s1. The van der Waals surface area contributed by atoms with E-state index < -0.39 is 6.04 Å². The van der Waals surface area contributed by atoms with Crippen molar-refractivity contribution in [3.05, 3.63) is 29.3 Å². The summed E-state index contributed by atoms with van der Waals surface area (Å²) in [4.78, 5) is 24.8. The topological polar surface area (TPSA) is 84.0 Å². The molecule has 2 N–H and O–H groups in total. The number of nitrogens with one attached hydrogen (secondary N) is 2. The summed E-state index contributed by atoms with van der Waals surface area (Å²) in [5.41, 5.74) is 0.882. The fraction of sp³-hybridized carbons (Fsp3) is 0.444. The maximum absolute atomic E-state index is 12.7. The Hall–Kier alpha value is -1.99. The number of carbonyl (C=O) groups is 2. The van der Waals surface area contributed by atoms with Crippen molar-refractivity contribution in [1.82, 2.24) is 15.5 Å². The zero-order valence-corrected chi connectivity index (χ0v) is 16.2. The number of hydrogen-bond donors (Lipinski definition) is 2. The van der Waals surface area contributed by atoms with E-state index in [0.717, 1.165) is 24.8 Å². The van der Waals surface area contributed by atoms with Crippen molar-refractivity contribution in [2.75, 3.05) is 5.32 Å². The quantitative estimate of drug-likeness (QED) is 0.751. The molecule has 0 spiro atoms. The van der Waals surface area contributed by atoms with Gasteiger partial charge in [-0.2, -0.15) is 0 Å². The van der Waals surface area contributed by atoms with E-state index >= 15 is 0 Å². The Morgan fingerprint density at radius 2 is 1.96 bits per heavy atom. The van der Waals surface area contributed by atoms with Gasteiger partial charge in [0.15, 0.2) is 0 Å². The predicted octanol–water partition coefficient (Wildman–Crippen LogP) is 3.74. The molecule has 1 aromatic heterocycles. The Bertz CT molecular complexity index is 789. The fourth-order valence-corrected chi connectivity index (χ4v) is 3.36. The molecule has 0 radical (unpaired) electrons. The largest absolute Gasteiger partial charge is 0.344 e. The van der Waals surface area contributed by atoms with Crippen LogP contribution in [0.1, 0.15) is 33.1 Å². The molecule has 2 aromatic rings. The molecule has 2 amide bonds. The van der Waals surface area contributed by atoms with Crippen LogP contribution in [0.5, 0.6) is 0 Å². The molecule has 2 atom stereocenters. The maximum atomic E-state index is 12.7. The van der Waals surface area contributed by atoms with Crippen LogP contribution in [0.3, 0.4) is 0 Å². The molecule has 0 bridgehead atoms. The molecule has 1 aliphatic carbocycles. The van der Waals surface area contributed by atoms with Gasteiger partial charge in [-0.05, 0) is 30.9 Å². The number of amides is 2. The third-order valence-corrected chi connectivity index (χ3v) is 5.63. The lowest BCUT2D eigenvalue weighted by Gasteiger charge is -2.22. The Kier molecular flexibility index (Phi) is 5.88. The van der Waals surface area contributed by atoms with Gasteiger partial charge in [-0.3, -0.25) is 14.9 Å². The normalized spacial score (nSPS) is 16.0. The van der Waals surface area contributed by atoms with Gasteiger partial charge >= 0.3 is 0 Å². The minimum absolute atomic E-state index is 0.0290. The molecule has 138 valence electrons. The van der Waals surface area contributed by atoms with Gasteiger partial charge in [0.25, 0.3) is 0 Å². The van der Waals surface area contributed by atoms with Crippen LogP contribution >= 0.6 is 22.9 Å². The molecule has 0 aliphatic heterocycles. The van der Waals surface area contributed by atoms with Gasteiger partial charge in [-0.15, -0.1) is 10.2 Å². The first kappa shape index (κ1) is 18.8. The first-order valence-corrected chi connectivity index (χ1v) is 9.88. The van der Waals surface area contributed by atoms with Crippen molar-refractivity contribution >= 4 is 39.9 Å². The molecular weight excluding hydrogens is 372 g/mol. The number of rotatable bonds is 7. The van der Waals surface area contributed by atoms with Crippen molar-refractivity contribution in [3.8, 4) is 10.6 Å². The van der Waals surface area contributed by atoms with Crippen LogP contribution < -0.4 is 10.6 Å². The summed E-state index contributed by atoms with van der Waals surface area (Å²) in [6.45, 7) is 3.95. The molecule has 8 heteroatoms. The second-order valence-corrected chi connectivity index (χ2v) is 7.97. The molecule has 3 rings (SSSR count). The molecule has 26 heavy (non-hydrogen) atoms. The Morgan fingerprint density at radius 1 is 1.27 bits per heavy atom. The first-order valence-electron chi connectivity index (χ1n) is 8.68. The van der Waals surface area contributed by atoms with Gasteiger partial charge in [0.05, 0.1) is 0 Å². The predicted molar refractivity (Wildman–Crippen MR) is 103 cm³/mol. The summed E-state index contributed by atoms with van der Waals surface area (Å²) in [5.74, 6) is -0.203. The summed E-state index contributed by atoms with van der Waals surface area (Å²) in [6.07, 6.45) is 2.60. The van der Waals surface area contributed by atoms with Crippen molar-refractivity contribution in [1.29, 1.82) is 0 Å². The standard InChI is InChI=1S/C18H21ClN4O2S/c1-3-10(2)14(20-15(24)11-4-5-11)16(25)21-18-23-22-17(26-18)12-6-8-13(19)9-7-12/h6-11,14H,3-5H2,1-2H3,(H,20,24)(H,21,23,25)/t10-,14+/m0/s1. The summed E-state index contributed by atoms with van der Waals surface area (Å²) >= 11 is 7.18. The van der Waals surface area contributed by atoms with Crippen molar-refractivity contribution in [3.63, 3.8) is 0 Å². The lowest BCUT2D eigenvalue weighted by atomic mass is 9.98. The van der Waals surface area contributed by atoms with E-state index in [-0.39, 0.29) is 23.7 Å². The van der Waals surface area contributed by atoms with Crippen LogP contribution in [0.25, 0.3) is 10.6 Å². The van der Waals surface area contributed by atoms with Gasteiger partial charge in [0.2, 0.25) is 16.9 Å². The highest BCUT2D eigenvalue weighted by molar-refractivity contribution is 7.18. The molecule has 1 fully saturated rings. The third kappa shape index (κ3) is 4.59. The maximum Gasteiger partial charge on any atom is 0.249 e. The van der Waals surface area contributed by atoms with Gasteiger partial charge in [-0.25, -0.2) is 0 Å². The van der Waals surface area contributed by atoms with Crippen LogP contribution in [0, 0.1) is 11.8 Å². The van der Waals surface area contributed by atoms with E-state index in [2.05, 4.69) is 20.8 Å². The zero-order chi connectivity index (χ0) is 18.7. The van der Waals surface area contributed by atoms with E-state index in [9.17, 15) is 9.59 Å². The zero-order valence-electron chi connectivity index (χ0n) is 14.7. The number of benzene rings is 1. The molecule has 1 saturated carbocycles. The van der Waals surface area contributed by atoms with Crippen LogP contribution in [0.4, 0.5) is 5.13 Å². The van der Waals surface area contributed by atoms with Gasteiger partial charge in [0, 0.05) is 16.5 Å². The lowest BCUT2D eigenvalue weighted by Crippen LogP contribution is -2.48. The molecule has 0 unspecified atom stereocenters. The summed E-state index contributed by atoms with van der Waals surface area (Å²) in [7, 11) is 0.